The van der Waals surface area contributed by atoms with Gasteiger partial charge in [-0.25, -0.2) is 13.4 Å². The predicted molar refractivity (Wildman–Crippen MR) is 99.4 cm³/mol. The normalized spacial score (nSPS) is 13.8. The van der Waals surface area contributed by atoms with E-state index in [1.807, 2.05) is 0 Å². The van der Waals surface area contributed by atoms with E-state index in [-0.39, 0.29) is 5.75 Å². The van der Waals surface area contributed by atoms with E-state index in [9.17, 15) is 35.2 Å². The van der Waals surface area contributed by atoms with E-state index in [1.165, 1.54) is 31.2 Å². The Labute approximate surface area is 173 Å². The van der Waals surface area contributed by atoms with E-state index < -0.39 is 51.2 Å². The van der Waals surface area contributed by atoms with E-state index in [2.05, 4.69) is 15.3 Å². The van der Waals surface area contributed by atoms with Gasteiger partial charge in [0.05, 0.1) is 0 Å². The Balaban J connectivity index is 2.43. The highest BCUT2D eigenvalue weighted by Gasteiger charge is 2.61. The van der Waals surface area contributed by atoms with Crippen LogP contribution in [0.1, 0.15) is 23.1 Å². The van der Waals surface area contributed by atoms with E-state index in [4.69, 9.17) is 4.74 Å². The van der Waals surface area contributed by atoms with Crippen molar-refractivity contribution in [1.82, 2.24) is 15.3 Å². The zero-order valence-electron chi connectivity index (χ0n) is 16.0. The van der Waals surface area contributed by atoms with Crippen LogP contribution in [0.3, 0.4) is 0 Å². The van der Waals surface area contributed by atoms with Gasteiger partial charge in [0.25, 0.3) is 5.91 Å². The van der Waals surface area contributed by atoms with E-state index in [1.54, 1.807) is 6.07 Å². The van der Waals surface area contributed by atoms with Crippen molar-refractivity contribution in [3.8, 4) is 11.6 Å². The number of nitrogens with zero attached hydrogens (tertiary/aromatic N) is 2. The first kappa shape index (κ1) is 24.2. The van der Waals surface area contributed by atoms with Gasteiger partial charge < -0.3 is 10.1 Å². The highest BCUT2D eigenvalue weighted by Crippen LogP contribution is 2.43. The lowest BCUT2D eigenvalue weighted by molar-refractivity contribution is -0.292. The number of alkyl halides is 5. The molecule has 1 aromatic heterocycles. The monoisotopic (exact) mass is 465 g/mol. The van der Waals surface area contributed by atoms with Crippen LogP contribution < -0.4 is 10.1 Å². The number of carbonyl (C=O) groups is 1. The lowest BCUT2D eigenvalue weighted by Crippen LogP contribution is -2.36. The van der Waals surface area contributed by atoms with Crippen molar-refractivity contribution in [2.45, 2.75) is 25.1 Å². The van der Waals surface area contributed by atoms with Crippen LogP contribution in [0.5, 0.6) is 11.6 Å². The van der Waals surface area contributed by atoms with Gasteiger partial charge in [-0.15, -0.1) is 0 Å². The maximum absolute atomic E-state index is 13.7. The molecule has 1 N–H and O–H groups in total. The molecule has 0 radical (unpaired) electrons. The van der Waals surface area contributed by atoms with Crippen LogP contribution in [-0.4, -0.2) is 42.8 Å². The summed E-state index contributed by atoms with van der Waals surface area (Å²) in [6.07, 6.45) is -3.43. The molecule has 0 spiro atoms. The SMILES string of the molecule is C[C@@H](/C=C/S(C)(=O)=O)NC(=O)c1cnc(C(F)(F)C(F)(F)F)nc1Oc1ccccc1. The van der Waals surface area contributed by atoms with Gasteiger partial charge in [0.15, 0.2) is 9.84 Å². The molecule has 7 nitrogen and oxygen atoms in total. The van der Waals surface area contributed by atoms with Crippen LogP contribution >= 0.6 is 0 Å². The Bertz CT molecular complexity index is 1070. The molecule has 168 valence electrons. The number of amides is 1. The van der Waals surface area contributed by atoms with E-state index in [0.717, 1.165) is 17.7 Å². The van der Waals surface area contributed by atoms with Crippen LogP contribution in [0.25, 0.3) is 0 Å². The molecule has 0 aliphatic heterocycles. The Morgan fingerprint density at radius 3 is 2.32 bits per heavy atom. The molecule has 2 aromatic rings. The summed E-state index contributed by atoms with van der Waals surface area (Å²) in [6, 6.07) is 6.48. The van der Waals surface area contributed by atoms with Crippen molar-refractivity contribution in [2.24, 2.45) is 0 Å². The maximum atomic E-state index is 13.7. The summed E-state index contributed by atoms with van der Waals surface area (Å²) in [5, 5.41) is 3.16. The molecule has 0 saturated heterocycles. The molecular formula is C18H16F5N3O4S. The number of ether oxygens (including phenoxy) is 1. The summed E-state index contributed by atoms with van der Waals surface area (Å²) in [6.45, 7) is 1.41. The standard InChI is InChI=1S/C18H16F5N3O4S/c1-11(8-9-31(2,28)29)25-14(27)13-10-24-16(17(19,20)18(21,22)23)26-15(13)30-12-6-4-3-5-7-12/h3-11H,1-2H3,(H,25,27)/b9-8+/t11-/m0/s1. The number of halogens is 5. The van der Waals surface area contributed by atoms with Gasteiger partial charge in [-0.05, 0) is 19.1 Å². The van der Waals surface area contributed by atoms with Crippen LogP contribution in [0, 0.1) is 0 Å². The molecule has 13 heteroatoms. The third kappa shape index (κ3) is 6.44. The molecule has 0 bridgehead atoms. The van der Waals surface area contributed by atoms with Gasteiger partial charge in [-0.1, -0.05) is 24.3 Å². The van der Waals surface area contributed by atoms with Crippen LogP contribution in [0.2, 0.25) is 0 Å². The average molecular weight is 465 g/mol. The van der Waals surface area contributed by atoms with Gasteiger partial charge >= 0.3 is 12.1 Å². The number of carbonyl (C=O) groups excluding carboxylic acids is 1. The van der Waals surface area contributed by atoms with Crippen molar-refractivity contribution < 1.29 is 39.9 Å². The molecule has 2 rings (SSSR count). The molecule has 1 heterocycles. The van der Waals surface area contributed by atoms with Crippen molar-refractivity contribution in [2.75, 3.05) is 6.26 Å². The van der Waals surface area contributed by atoms with Gasteiger partial charge in [0, 0.05) is 23.9 Å². The fraction of sp³-hybridized carbons (Fsp3) is 0.278. The summed E-state index contributed by atoms with van der Waals surface area (Å²) >= 11 is 0. The number of sulfone groups is 1. The minimum absolute atomic E-state index is 0.0153. The fourth-order valence-corrected chi connectivity index (χ4v) is 2.59. The molecule has 0 aliphatic rings. The predicted octanol–water partition coefficient (Wildman–Crippen LogP) is 3.60. The number of rotatable bonds is 7. The minimum atomic E-state index is -5.97. The van der Waals surface area contributed by atoms with Crippen molar-refractivity contribution in [3.63, 3.8) is 0 Å². The number of para-hydroxylation sites is 1. The number of hydrogen-bond donors (Lipinski definition) is 1. The molecule has 0 fully saturated rings. The Hall–Kier alpha value is -3.09. The minimum Gasteiger partial charge on any atom is -0.438 e. The highest BCUT2D eigenvalue weighted by molar-refractivity contribution is 7.93. The number of hydrogen-bond acceptors (Lipinski definition) is 6. The first-order valence-electron chi connectivity index (χ1n) is 8.45. The van der Waals surface area contributed by atoms with Crippen LogP contribution in [-0.2, 0) is 15.8 Å². The topological polar surface area (TPSA) is 98.2 Å². The fourth-order valence-electron chi connectivity index (χ4n) is 2.07. The van der Waals surface area contributed by atoms with Crippen molar-refractivity contribution >= 4 is 15.7 Å². The number of nitrogens with one attached hydrogen (secondary N) is 1. The van der Waals surface area contributed by atoms with Crippen molar-refractivity contribution in [1.29, 1.82) is 0 Å². The van der Waals surface area contributed by atoms with E-state index in [0.29, 0.717) is 6.20 Å². The summed E-state index contributed by atoms with van der Waals surface area (Å²) in [4.78, 5) is 18.6. The number of aromatic nitrogens is 2. The molecule has 1 atom stereocenters. The average Bonchev–Trinajstić information content (AvgIpc) is 2.65. The maximum Gasteiger partial charge on any atom is 0.461 e. The lowest BCUT2D eigenvalue weighted by atomic mass is 10.2. The smallest absolute Gasteiger partial charge is 0.438 e. The second-order valence-electron chi connectivity index (χ2n) is 6.32. The zero-order valence-corrected chi connectivity index (χ0v) is 16.8. The molecular weight excluding hydrogens is 449 g/mol. The Morgan fingerprint density at radius 2 is 1.77 bits per heavy atom. The summed E-state index contributed by atoms with van der Waals surface area (Å²) < 4.78 is 92.9. The molecule has 1 amide bonds. The Morgan fingerprint density at radius 1 is 1.16 bits per heavy atom. The van der Waals surface area contributed by atoms with E-state index >= 15 is 0 Å². The van der Waals surface area contributed by atoms with Crippen molar-refractivity contribution in [3.05, 3.63) is 59.4 Å². The summed E-state index contributed by atoms with van der Waals surface area (Å²) in [5.41, 5.74) is -0.537. The Kier molecular flexibility index (Phi) is 6.99. The molecule has 0 unspecified atom stereocenters. The molecule has 0 aliphatic carbocycles. The second-order valence-corrected chi connectivity index (χ2v) is 8.25. The highest BCUT2D eigenvalue weighted by atomic mass is 32.2. The third-order valence-corrected chi connectivity index (χ3v) is 4.22. The number of benzene rings is 1. The van der Waals surface area contributed by atoms with Crippen LogP contribution in [0.4, 0.5) is 22.0 Å². The molecule has 0 saturated carbocycles. The molecule has 1 aromatic carbocycles. The zero-order chi connectivity index (χ0) is 23.4. The van der Waals surface area contributed by atoms with Gasteiger partial charge in [-0.2, -0.15) is 26.9 Å². The van der Waals surface area contributed by atoms with Gasteiger partial charge in [-0.3, -0.25) is 4.79 Å². The summed E-state index contributed by atoms with van der Waals surface area (Å²) in [5.74, 6) is -9.09. The lowest BCUT2D eigenvalue weighted by Gasteiger charge is -2.19. The quantitative estimate of drug-likeness (QED) is 0.628. The third-order valence-electron chi connectivity index (χ3n) is 3.57. The first-order chi connectivity index (χ1) is 14.2. The summed E-state index contributed by atoms with van der Waals surface area (Å²) in [7, 11) is -3.48. The van der Waals surface area contributed by atoms with Gasteiger partial charge in [0.2, 0.25) is 11.7 Å². The second kappa shape index (κ2) is 8.96. The largest absolute Gasteiger partial charge is 0.461 e. The van der Waals surface area contributed by atoms with Crippen LogP contribution in [0.15, 0.2) is 48.0 Å². The van der Waals surface area contributed by atoms with Gasteiger partial charge in [0.1, 0.15) is 11.3 Å². The first-order valence-corrected chi connectivity index (χ1v) is 10.4. The molecule has 31 heavy (non-hydrogen) atoms.